The Morgan fingerprint density at radius 1 is 0.435 bits per heavy atom. The summed E-state index contributed by atoms with van der Waals surface area (Å²) in [5.74, 6) is 0. The number of thiophene rings is 1. The fourth-order valence-electron chi connectivity index (χ4n) is 8.35. The summed E-state index contributed by atoms with van der Waals surface area (Å²) < 4.78 is 2.69. The Morgan fingerprint density at radius 2 is 1.04 bits per heavy atom. The van der Waals surface area contributed by atoms with Gasteiger partial charge in [0.25, 0.3) is 0 Å². The molecular formula is C42H25BN2S. The third-order valence-electron chi connectivity index (χ3n) is 10.2. The molecule has 0 atom stereocenters. The van der Waals surface area contributed by atoms with Crippen molar-refractivity contribution in [3.63, 3.8) is 0 Å². The van der Waals surface area contributed by atoms with E-state index in [1.165, 1.54) is 92.9 Å². The molecule has 4 heteroatoms. The van der Waals surface area contributed by atoms with E-state index in [0.717, 1.165) is 0 Å². The van der Waals surface area contributed by atoms with Gasteiger partial charge in [-0.3, -0.25) is 0 Å². The normalized spacial score (nSPS) is 13.5. The Hall–Kier alpha value is -5.58. The van der Waals surface area contributed by atoms with E-state index < -0.39 is 0 Å². The maximum absolute atomic E-state index is 2.62. The molecule has 8 aromatic rings. The Morgan fingerprint density at radius 3 is 1.89 bits per heavy atom. The Labute approximate surface area is 271 Å². The van der Waals surface area contributed by atoms with Gasteiger partial charge in [0.1, 0.15) is 0 Å². The topological polar surface area (TPSA) is 6.48 Å². The maximum Gasteiger partial charge on any atom is 0.333 e. The van der Waals surface area contributed by atoms with Crippen LogP contribution in [0.4, 0.5) is 28.4 Å². The van der Waals surface area contributed by atoms with Gasteiger partial charge in [-0.2, -0.15) is 0 Å². The van der Waals surface area contributed by atoms with Gasteiger partial charge in [-0.1, -0.05) is 103 Å². The molecule has 3 aliphatic rings. The minimum absolute atomic E-state index is 0.0941. The first-order valence-corrected chi connectivity index (χ1v) is 16.7. The van der Waals surface area contributed by atoms with Crippen LogP contribution in [-0.2, 0) is 0 Å². The summed E-state index contributed by atoms with van der Waals surface area (Å²) in [7, 11) is 0. The molecule has 0 saturated carbocycles. The van der Waals surface area contributed by atoms with Crippen LogP contribution >= 0.6 is 11.3 Å². The van der Waals surface area contributed by atoms with Gasteiger partial charge in [0.2, 0.25) is 0 Å². The van der Waals surface area contributed by atoms with Crippen molar-refractivity contribution >= 4 is 77.7 Å². The van der Waals surface area contributed by atoms with Crippen LogP contribution in [0, 0.1) is 0 Å². The molecule has 1 aromatic heterocycles. The molecule has 0 saturated heterocycles. The molecule has 2 nitrogen and oxygen atoms in total. The minimum Gasteiger partial charge on any atom is -0.376 e. The van der Waals surface area contributed by atoms with Crippen molar-refractivity contribution in [2.45, 2.75) is 0 Å². The first-order valence-electron chi connectivity index (χ1n) is 15.9. The van der Waals surface area contributed by atoms with E-state index in [2.05, 4.69) is 161 Å². The Kier molecular flexibility index (Phi) is 4.83. The number of anilines is 5. The van der Waals surface area contributed by atoms with Gasteiger partial charge in [-0.15, -0.1) is 11.3 Å². The minimum atomic E-state index is 0.0941. The molecule has 11 rings (SSSR count). The van der Waals surface area contributed by atoms with Crippen LogP contribution in [0.3, 0.4) is 0 Å². The molecule has 0 radical (unpaired) electrons. The van der Waals surface area contributed by atoms with E-state index in [9.17, 15) is 0 Å². The van der Waals surface area contributed by atoms with Gasteiger partial charge in [-0.25, -0.2) is 0 Å². The highest BCUT2D eigenvalue weighted by molar-refractivity contribution is 7.26. The fraction of sp³-hybridized carbons (Fsp3) is 0. The van der Waals surface area contributed by atoms with Crippen LogP contribution in [0.5, 0.6) is 0 Å². The van der Waals surface area contributed by atoms with Gasteiger partial charge in [0.15, 0.2) is 0 Å². The number of hydrogen-bond donors (Lipinski definition) is 0. The predicted octanol–water partition coefficient (Wildman–Crippen LogP) is 10.4. The molecule has 46 heavy (non-hydrogen) atoms. The number of fused-ring (bicyclic) bond motifs is 9. The van der Waals surface area contributed by atoms with E-state index in [1.54, 1.807) is 0 Å². The third kappa shape index (κ3) is 3.12. The Bertz CT molecular complexity index is 2570. The van der Waals surface area contributed by atoms with Crippen molar-refractivity contribution < 1.29 is 0 Å². The lowest BCUT2D eigenvalue weighted by atomic mass is 9.41. The predicted molar refractivity (Wildman–Crippen MR) is 197 cm³/mol. The number of nitrogens with zero attached hydrogens (tertiary/aromatic N) is 2. The summed E-state index contributed by atoms with van der Waals surface area (Å²) in [5, 5.41) is 2.67. The van der Waals surface area contributed by atoms with Crippen molar-refractivity contribution in [3.8, 4) is 33.4 Å². The summed E-state index contributed by atoms with van der Waals surface area (Å²) in [6, 6.07) is 56.3. The molecule has 0 aliphatic carbocycles. The molecule has 0 N–H and O–H groups in total. The van der Waals surface area contributed by atoms with E-state index in [-0.39, 0.29) is 6.85 Å². The number of hydrogen-bond acceptors (Lipinski definition) is 3. The van der Waals surface area contributed by atoms with Crippen LogP contribution in [-0.4, -0.2) is 6.85 Å². The van der Waals surface area contributed by atoms with Crippen LogP contribution in [0.25, 0.3) is 53.6 Å². The van der Waals surface area contributed by atoms with E-state index >= 15 is 0 Å². The summed E-state index contributed by atoms with van der Waals surface area (Å²) in [5.41, 5.74) is 16.8. The lowest BCUT2D eigenvalue weighted by Crippen LogP contribution is -2.63. The second kappa shape index (κ2) is 9.00. The summed E-state index contributed by atoms with van der Waals surface area (Å²) in [6.07, 6.45) is 0. The second-order valence-electron chi connectivity index (χ2n) is 12.4. The molecule has 7 aromatic carbocycles. The molecule has 0 bridgehead atoms. The molecule has 3 aliphatic heterocycles. The summed E-state index contributed by atoms with van der Waals surface area (Å²) in [6.45, 7) is 0.0941. The van der Waals surface area contributed by atoms with E-state index in [0.29, 0.717) is 0 Å². The van der Waals surface area contributed by atoms with Crippen LogP contribution in [0.15, 0.2) is 152 Å². The average Bonchev–Trinajstić information content (AvgIpc) is 3.51. The lowest BCUT2D eigenvalue weighted by molar-refractivity contribution is 1.26. The van der Waals surface area contributed by atoms with Crippen molar-refractivity contribution in [1.82, 2.24) is 0 Å². The highest BCUT2D eigenvalue weighted by Crippen LogP contribution is 2.52. The van der Waals surface area contributed by atoms with E-state index in [4.69, 9.17) is 0 Å². The maximum atomic E-state index is 2.62. The first-order chi connectivity index (χ1) is 22.8. The van der Waals surface area contributed by atoms with Crippen molar-refractivity contribution in [2.24, 2.45) is 0 Å². The molecular weight excluding hydrogens is 575 g/mol. The second-order valence-corrected chi connectivity index (χ2v) is 13.5. The molecule has 212 valence electrons. The number of benzene rings is 7. The van der Waals surface area contributed by atoms with Gasteiger partial charge in [0, 0.05) is 59.7 Å². The smallest absolute Gasteiger partial charge is 0.333 e. The largest absolute Gasteiger partial charge is 0.376 e. The molecule has 0 fully saturated rings. The lowest BCUT2D eigenvalue weighted by Gasteiger charge is -2.49. The summed E-state index contributed by atoms with van der Waals surface area (Å²) >= 11 is 1.90. The highest BCUT2D eigenvalue weighted by Gasteiger charge is 2.48. The van der Waals surface area contributed by atoms with Crippen molar-refractivity contribution in [1.29, 1.82) is 0 Å². The van der Waals surface area contributed by atoms with Crippen LogP contribution in [0.2, 0.25) is 0 Å². The number of para-hydroxylation sites is 2. The SMILES string of the molecule is c1ccc(N2c3cccc4c3B3c5c(cccc52)-c2cc(-c5cccc6c5sc5ccccc56)ccc2N3c2ccccc2-4)cc1. The van der Waals surface area contributed by atoms with Crippen molar-refractivity contribution in [3.05, 3.63) is 152 Å². The van der Waals surface area contributed by atoms with E-state index in [1.807, 2.05) is 11.3 Å². The highest BCUT2D eigenvalue weighted by atomic mass is 32.1. The van der Waals surface area contributed by atoms with Crippen molar-refractivity contribution in [2.75, 3.05) is 9.71 Å². The third-order valence-corrected chi connectivity index (χ3v) is 11.4. The van der Waals surface area contributed by atoms with Crippen LogP contribution < -0.4 is 20.6 Å². The quantitative estimate of drug-likeness (QED) is 0.182. The van der Waals surface area contributed by atoms with Gasteiger partial charge in [0.05, 0.1) is 0 Å². The Balaban J connectivity index is 1.22. The van der Waals surface area contributed by atoms with Gasteiger partial charge >= 0.3 is 6.85 Å². The molecule has 0 spiro atoms. The van der Waals surface area contributed by atoms with Gasteiger partial charge in [-0.05, 0) is 81.7 Å². The molecule has 4 heterocycles. The first kappa shape index (κ1) is 24.7. The molecule has 0 unspecified atom stereocenters. The summed E-state index contributed by atoms with van der Waals surface area (Å²) in [4.78, 5) is 5.10. The fourth-order valence-corrected chi connectivity index (χ4v) is 9.59. The zero-order valence-corrected chi connectivity index (χ0v) is 25.6. The number of rotatable bonds is 2. The zero-order valence-electron chi connectivity index (χ0n) is 24.8. The van der Waals surface area contributed by atoms with Gasteiger partial charge < -0.3 is 9.71 Å². The zero-order chi connectivity index (χ0) is 29.9. The molecule has 0 amide bonds. The average molecular weight is 601 g/mol. The standard InChI is InChI=1S/C42H25BN2S/c1-2-11-27(12-3-1)44-37-20-9-16-31-29-13-4-6-19-35(29)45-36-24-23-26(25-34(36)32-17-10-21-38(44)41(32)43(45)40(31)37)28-15-8-18-33-30-14-5-7-22-39(30)46-42(28)33/h1-25H. The van der Waals surface area contributed by atoms with Crippen LogP contribution in [0.1, 0.15) is 0 Å². The monoisotopic (exact) mass is 600 g/mol.